The van der Waals surface area contributed by atoms with Gasteiger partial charge in [0.15, 0.2) is 5.65 Å². The zero-order valence-corrected chi connectivity index (χ0v) is 10.8. The summed E-state index contributed by atoms with van der Waals surface area (Å²) in [6.45, 7) is 3.00. The normalized spacial score (nSPS) is 11.1. The van der Waals surface area contributed by atoms with Crippen molar-refractivity contribution < 1.29 is 22.7 Å². The van der Waals surface area contributed by atoms with Crippen molar-refractivity contribution in [2.75, 3.05) is 6.61 Å². The number of esters is 1. The minimum absolute atomic E-state index is 0.0350. The molecule has 20 heavy (non-hydrogen) atoms. The van der Waals surface area contributed by atoms with E-state index >= 15 is 0 Å². The summed E-state index contributed by atoms with van der Waals surface area (Å²) in [6.07, 6.45) is -2.95. The second-order valence-electron chi connectivity index (χ2n) is 4.04. The van der Waals surface area contributed by atoms with E-state index in [1.165, 1.54) is 6.92 Å². The zero-order chi connectivity index (χ0) is 14.9. The summed E-state index contributed by atoms with van der Waals surface area (Å²) >= 11 is 0. The van der Waals surface area contributed by atoms with Gasteiger partial charge in [-0.25, -0.2) is 27.9 Å². The van der Waals surface area contributed by atoms with Crippen LogP contribution in [0.2, 0.25) is 0 Å². The summed E-state index contributed by atoms with van der Waals surface area (Å²) in [5.74, 6) is -1.52. The largest absolute Gasteiger partial charge is 0.462 e. The molecule has 0 aromatic carbocycles. The quantitative estimate of drug-likeness (QED) is 0.812. The Morgan fingerprint density at radius 1 is 1.35 bits per heavy atom. The lowest BCUT2D eigenvalue weighted by molar-refractivity contribution is 0.0514. The van der Waals surface area contributed by atoms with Gasteiger partial charge in [-0.15, -0.1) is 0 Å². The van der Waals surface area contributed by atoms with Crippen LogP contribution in [0.3, 0.4) is 0 Å². The van der Waals surface area contributed by atoms with Gasteiger partial charge in [-0.2, -0.15) is 0 Å². The number of ether oxygens (including phenoxy) is 1. The van der Waals surface area contributed by atoms with Crippen molar-refractivity contribution >= 4 is 17.0 Å². The second-order valence-corrected chi connectivity index (χ2v) is 4.04. The van der Waals surface area contributed by atoms with E-state index < -0.39 is 23.9 Å². The maximum absolute atomic E-state index is 13.4. The number of hydrogen-bond acceptors (Lipinski definition) is 4. The van der Waals surface area contributed by atoms with Crippen LogP contribution in [0.15, 0.2) is 12.1 Å². The lowest BCUT2D eigenvalue weighted by Gasteiger charge is -2.09. The van der Waals surface area contributed by atoms with E-state index in [4.69, 9.17) is 4.74 Å². The molecule has 7 heteroatoms. The maximum atomic E-state index is 13.4. The van der Waals surface area contributed by atoms with Crippen molar-refractivity contribution in [1.29, 1.82) is 0 Å². The molecule has 0 fully saturated rings. The number of carbonyl (C=O) groups excluding carboxylic acids is 1. The lowest BCUT2D eigenvalue weighted by Crippen LogP contribution is -2.11. The number of nitrogens with zero attached hydrogens (tertiary/aromatic N) is 2. The number of fused-ring (bicyclic) bond motifs is 1. The Morgan fingerprint density at radius 2 is 2.05 bits per heavy atom. The van der Waals surface area contributed by atoms with Gasteiger partial charge < -0.3 is 4.74 Å². The summed E-state index contributed by atoms with van der Waals surface area (Å²) in [5, 5.41) is 0.167. The fourth-order valence-corrected chi connectivity index (χ4v) is 1.72. The predicted molar refractivity (Wildman–Crippen MR) is 65.1 cm³/mol. The highest BCUT2D eigenvalue weighted by Gasteiger charge is 2.23. The van der Waals surface area contributed by atoms with E-state index in [0.717, 1.165) is 12.1 Å². The molecule has 0 unspecified atom stereocenters. The van der Waals surface area contributed by atoms with Crippen molar-refractivity contribution in [2.45, 2.75) is 20.3 Å². The van der Waals surface area contributed by atoms with Gasteiger partial charge in [-0.3, -0.25) is 0 Å². The van der Waals surface area contributed by atoms with Crippen LogP contribution in [0.5, 0.6) is 0 Å². The first-order valence-electron chi connectivity index (χ1n) is 5.87. The van der Waals surface area contributed by atoms with Gasteiger partial charge >= 0.3 is 5.97 Å². The second kappa shape index (κ2) is 5.44. The molecule has 0 radical (unpaired) electrons. The smallest absolute Gasteiger partial charge is 0.340 e. The molecular formula is C13H11F3N2O2. The first-order valence-corrected chi connectivity index (χ1v) is 5.87. The van der Waals surface area contributed by atoms with Gasteiger partial charge in [0.1, 0.15) is 11.5 Å². The standard InChI is InChI=1S/C13H11F3N2O2/c1-3-20-13(19)8-4-7-5-9(14)6(2)17-12(7)18-10(8)11(15)16/h4-5,11H,3H2,1-2H3. The highest BCUT2D eigenvalue weighted by Crippen LogP contribution is 2.25. The van der Waals surface area contributed by atoms with Gasteiger partial charge in [0.05, 0.1) is 17.9 Å². The molecule has 2 heterocycles. The fraction of sp³-hybridized carbons (Fsp3) is 0.308. The van der Waals surface area contributed by atoms with Crippen molar-refractivity contribution in [3.8, 4) is 0 Å². The topological polar surface area (TPSA) is 52.1 Å². The SMILES string of the molecule is CCOC(=O)c1cc2cc(F)c(C)nc2nc1C(F)F. The van der Waals surface area contributed by atoms with E-state index in [2.05, 4.69) is 9.97 Å². The predicted octanol–water partition coefficient (Wildman–Crippen LogP) is 3.19. The van der Waals surface area contributed by atoms with Gasteiger partial charge in [0.25, 0.3) is 6.43 Å². The number of carbonyl (C=O) groups is 1. The Labute approximate surface area is 112 Å². The molecule has 0 saturated heterocycles. The van der Waals surface area contributed by atoms with E-state index in [1.54, 1.807) is 6.92 Å². The highest BCUT2D eigenvalue weighted by atomic mass is 19.3. The lowest BCUT2D eigenvalue weighted by atomic mass is 10.1. The number of pyridine rings is 2. The van der Waals surface area contributed by atoms with Crippen molar-refractivity contribution in [3.05, 3.63) is 34.9 Å². The molecule has 0 aliphatic heterocycles. The summed E-state index contributed by atoms with van der Waals surface area (Å²) < 4.78 is 44.1. The van der Waals surface area contributed by atoms with Crippen molar-refractivity contribution in [3.63, 3.8) is 0 Å². The number of aromatic nitrogens is 2. The Balaban J connectivity index is 2.68. The van der Waals surface area contributed by atoms with Crippen molar-refractivity contribution in [1.82, 2.24) is 9.97 Å². The van der Waals surface area contributed by atoms with Crippen molar-refractivity contribution in [2.24, 2.45) is 0 Å². The molecule has 0 N–H and O–H groups in total. The number of rotatable bonds is 3. The minimum atomic E-state index is -2.95. The van der Waals surface area contributed by atoms with Gasteiger partial charge in [-0.05, 0) is 26.0 Å². The molecule has 2 aromatic rings. The average Bonchev–Trinajstić information content (AvgIpc) is 2.39. The monoisotopic (exact) mass is 284 g/mol. The van der Waals surface area contributed by atoms with Crippen LogP contribution in [0.1, 0.15) is 35.1 Å². The average molecular weight is 284 g/mol. The van der Waals surface area contributed by atoms with Gasteiger partial charge in [0.2, 0.25) is 0 Å². The van der Waals surface area contributed by atoms with Crippen LogP contribution in [0.25, 0.3) is 11.0 Å². The summed E-state index contributed by atoms with van der Waals surface area (Å²) in [6, 6.07) is 2.22. The molecule has 0 amide bonds. The molecule has 0 bridgehead atoms. The Bertz CT molecular complexity index is 674. The molecule has 0 atom stereocenters. The van der Waals surface area contributed by atoms with Crippen LogP contribution in [0.4, 0.5) is 13.2 Å². The number of alkyl halides is 2. The summed E-state index contributed by atoms with van der Waals surface area (Å²) in [7, 11) is 0. The molecule has 0 spiro atoms. The maximum Gasteiger partial charge on any atom is 0.340 e. The van der Waals surface area contributed by atoms with Crippen LogP contribution in [0, 0.1) is 12.7 Å². The van der Waals surface area contributed by atoms with E-state index in [9.17, 15) is 18.0 Å². The molecule has 0 aliphatic carbocycles. The van der Waals surface area contributed by atoms with Crippen LogP contribution in [-0.4, -0.2) is 22.5 Å². The van der Waals surface area contributed by atoms with Gasteiger partial charge in [0, 0.05) is 5.39 Å². The molecule has 0 saturated carbocycles. The third kappa shape index (κ3) is 2.56. The zero-order valence-electron chi connectivity index (χ0n) is 10.8. The first kappa shape index (κ1) is 14.2. The van der Waals surface area contributed by atoms with E-state index in [0.29, 0.717) is 0 Å². The van der Waals surface area contributed by atoms with Gasteiger partial charge in [-0.1, -0.05) is 0 Å². The van der Waals surface area contributed by atoms with Crippen LogP contribution >= 0.6 is 0 Å². The summed E-state index contributed by atoms with van der Waals surface area (Å²) in [5.41, 5.74) is -1.07. The molecule has 2 aromatic heterocycles. The molecular weight excluding hydrogens is 273 g/mol. The Morgan fingerprint density at radius 3 is 2.65 bits per heavy atom. The minimum Gasteiger partial charge on any atom is -0.462 e. The Kier molecular flexibility index (Phi) is 3.87. The molecule has 0 aliphatic rings. The summed E-state index contributed by atoms with van der Waals surface area (Å²) in [4.78, 5) is 19.1. The molecule has 106 valence electrons. The van der Waals surface area contributed by atoms with E-state index in [-0.39, 0.29) is 28.9 Å². The molecule has 2 rings (SSSR count). The number of halogens is 3. The van der Waals surface area contributed by atoms with Crippen LogP contribution < -0.4 is 0 Å². The third-order valence-electron chi connectivity index (χ3n) is 2.66. The highest BCUT2D eigenvalue weighted by molar-refractivity contribution is 5.94. The fourth-order valence-electron chi connectivity index (χ4n) is 1.72. The number of hydrogen-bond donors (Lipinski definition) is 0. The van der Waals surface area contributed by atoms with Crippen LogP contribution in [-0.2, 0) is 4.74 Å². The number of aryl methyl sites for hydroxylation is 1. The Hall–Kier alpha value is -2.18. The molecule has 4 nitrogen and oxygen atoms in total. The van der Waals surface area contributed by atoms with E-state index in [1.807, 2.05) is 0 Å². The first-order chi connectivity index (χ1) is 9.43. The third-order valence-corrected chi connectivity index (χ3v) is 2.66.